The van der Waals surface area contributed by atoms with Crippen LogP contribution in [0.1, 0.15) is 18.9 Å². The number of aromatic nitrogens is 4. The molecule has 7 nitrogen and oxygen atoms in total. The highest BCUT2D eigenvalue weighted by molar-refractivity contribution is 7.93. The van der Waals surface area contributed by atoms with E-state index in [-0.39, 0.29) is 10.0 Å². The Labute approximate surface area is 177 Å². The number of nitrogens with one attached hydrogen (secondary N) is 1. The van der Waals surface area contributed by atoms with Crippen molar-refractivity contribution >= 4 is 49.2 Å². The first kappa shape index (κ1) is 19.0. The second-order valence-electron chi connectivity index (χ2n) is 7.45. The first-order valence-corrected chi connectivity index (χ1v) is 11.7. The monoisotopic (exact) mass is 437 g/mol. The van der Waals surface area contributed by atoms with E-state index in [9.17, 15) is 8.42 Å². The van der Waals surface area contributed by atoms with Crippen molar-refractivity contribution in [1.29, 1.82) is 0 Å². The van der Waals surface area contributed by atoms with E-state index in [1.54, 1.807) is 12.1 Å². The van der Waals surface area contributed by atoms with Crippen LogP contribution in [-0.4, -0.2) is 27.3 Å². The largest absolute Gasteiger partial charge is 0.350 e. The first-order chi connectivity index (χ1) is 14.4. The lowest BCUT2D eigenvalue weighted by Crippen LogP contribution is -2.34. The number of pyridine rings is 1. The number of sulfonamides is 1. The maximum Gasteiger partial charge on any atom is 0.263 e. The molecule has 0 amide bonds. The van der Waals surface area contributed by atoms with Crippen molar-refractivity contribution in [3.8, 4) is 0 Å². The lowest BCUT2D eigenvalue weighted by molar-refractivity contribution is 0.601. The Kier molecular flexibility index (Phi) is 4.44. The van der Waals surface area contributed by atoms with Gasteiger partial charge in [-0.05, 0) is 36.1 Å². The Morgan fingerprint density at radius 2 is 2.10 bits per heavy atom. The van der Waals surface area contributed by atoms with Crippen molar-refractivity contribution in [2.45, 2.75) is 18.2 Å². The van der Waals surface area contributed by atoms with E-state index in [1.807, 2.05) is 29.9 Å². The van der Waals surface area contributed by atoms with Gasteiger partial charge in [0.2, 0.25) is 5.13 Å². The van der Waals surface area contributed by atoms with Gasteiger partial charge in [0.25, 0.3) is 10.0 Å². The van der Waals surface area contributed by atoms with E-state index in [0.29, 0.717) is 5.92 Å². The van der Waals surface area contributed by atoms with Gasteiger partial charge >= 0.3 is 0 Å². The summed E-state index contributed by atoms with van der Waals surface area (Å²) in [5.74, 6) is 0.383. The number of rotatable bonds is 4. The van der Waals surface area contributed by atoms with E-state index in [1.165, 1.54) is 11.9 Å². The smallest absolute Gasteiger partial charge is 0.263 e. The third kappa shape index (κ3) is 3.20. The van der Waals surface area contributed by atoms with E-state index in [0.717, 1.165) is 45.0 Å². The molecule has 30 heavy (non-hydrogen) atoms. The molecule has 1 atom stereocenters. The zero-order valence-corrected chi connectivity index (χ0v) is 18.0. The fourth-order valence-electron chi connectivity index (χ4n) is 3.98. The van der Waals surface area contributed by atoms with Crippen LogP contribution < -0.4 is 15.3 Å². The highest BCUT2D eigenvalue weighted by Crippen LogP contribution is 2.32. The van der Waals surface area contributed by atoms with Crippen LogP contribution in [0.15, 0.2) is 53.9 Å². The van der Waals surface area contributed by atoms with Gasteiger partial charge in [-0.3, -0.25) is 9.71 Å². The average molecular weight is 438 g/mol. The van der Waals surface area contributed by atoms with Gasteiger partial charge in [0.1, 0.15) is 6.33 Å². The van der Waals surface area contributed by atoms with Gasteiger partial charge in [0.15, 0.2) is 0 Å². The fraction of sp³-hybridized carbons (Fsp3) is 0.190. The molecule has 0 saturated carbocycles. The zero-order valence-electron chi connectivity index (χ0n) is 16.4. The minimum atomic E-state index is -3.74. The number of benzene rings is 1. The van der Waals surface area contributed by atoms with Gasteiger partial charge in [0.05, 0.1) is 10.2 Å². The summed E-state index contributed by atoms with van der Waals surface area (Å²) in [5.41, 5.74) is 3.20. The maximum atomic E-state index is 12.8. The second-order valence-corrected chi connectivity index (χ2v) is 9.91. The molecule has 1 aromatic carbocycles. The van der Waals surface area contributed by atoms with Crippen LogP contribution in [0.25, 0.3) is 22.6 Å². The van der Waals surface area contributed by atoms with Crippen molar-refractivity contribution in [3.63, 3.8) is 0 Å². The molecule has 9 heteroatoms. The Hall–Kier alpha value is -3.04. The van der Waals surface area contributed by atoms with Gasteiger partial charge in [0, 0.05) is 52.7 Å². The van der Waals surface area contributed by atoms with Crippen LogP contribution in [-0.2, 0) is 17.1 Å². The van der Waals surface area contributed by atoms with Crippen LogP contribution in [0.4, 0.5) is 5.13 Å². The molecule has 3 aromatic heterocycles. The van der Waals surface area contributed by atoms with Crippen LogP contribution in [0, 0.1) is 5.92 Å². The number of nitrogens with zero attached hydrogens (tertiary/aromatic N) is 4. The summed E-state index contributed by atoms with van der Waals surface area (Å²) < 4.78 is 33.8. The Morgan fingerprint density at radius 1 is 1.23 bits per heavy atom. The summed E-state index contributed by atoms with van der Waals surface area (Å²) in [5, 5.41) is 3.41. The first-order valence-electron chi connectivity index (χ1n) is 9.47. The molecule has 1 unspecified atom stereocenters. The number of fused-ring (bicyclic) bond motifs is 2. The third-order valence-electron chi connectivity index (χ3n) is 5.31. The molecule has 0 fully saturated rings. The summed E-state index contributed by atoms with van der Waals surface area (Å²) >= 11 is 0.999. The summed E-state index contributed by atoms with van der Waals surface area (Å²) in [4.78, 5) is 8.62. The standard InChI is InChI=1S/C21H19N5O2S2/c1-13-8-17(15-4-3-7-22-19(15)9-13)18-11-26(2)20-10-14(5-6-16(18)20)30(27,28)25-21-23-12-24-29-21/h3-7,9-13H,8H2,1-2H3,(H,23,24,25). The van der Waals surface area contributed by atoms with E-state index < -0.39 is 10.0 Å². The van der Waals surface area contributed by atoms with Crippen LogP contribution >= 0.6 is 11.5 Å². The molecule has 1 aliphatic rings. The zero-order chi connectivity index (χ0) is 20.9. The molecular weight excluding hydrogens is 418 g/mol. The number of hydrogen-bond acceptors (Lipinski definition) is 6. The molecule has 0 saturated heterocycles. The van der Waals surface area contributed by atoms with Gasteiger partial charge in [-0.25, -0.2) is 13.4 Å². The highest BCUT2D eigenvalue weighted by Gasteiger charge is 2.21. The van der Waals surface area contributed by atoms with Crippen LogP contribution in [0.5, 0.6) is 0 Å². The second kappa shape index (κ2) is 7.03. The molecule has 4 aromatic rings. The SMILES string of the molecule is CC1C=c2ncccc2=C(c2cn(C)c3cc(S(=O)(=O)Nc4ncns4)ccc23)C1. The van der Waals surface area contributed by atoms with Gasteiger partial charge in [-0.15, -0.1) is 0 Å². The molecular formula is C21H19N5O2S2. The number of hydrogen-bond donors (Lipinski definition) is 1. The van der Waals surface area contributed by atoms with Gasteiger partial charge in [-0.2, -0.15) is 4.37 Å². The molecule has 0 aliphatic heterocycles. The predicted molar refractivity (Wildman–Crippen MR) is 118 cm³/mol. The highest BCUT2D eigenvalue weighted by atomic mass is 32.2. The fourth-order valence-corrected chi connectivity index (χ4v) is 5.67. The molecule has 5 rings (SSSR count). The Morgan fingerprint density at radius 3 is 2.90 bits per heavy atom. The molecule has 1 N–H and O–H groups in total. The van der Waals surface area contributed by atoms with Gasteiger partial charge in [-0.1, -0.05) is 25.1 Å². The van der Waals surface area contributed by atoms with E-state index >= 15 is 0 Å². The van der Waals surface area contributed by atoms with Crippen molar-refractivity contribution in [1.82, 2.24) is 18.9 Å². The minimum absolute atomic E-state index is 0.190. The lowest BCUT2D eigenvalue weighted by Gasteiger charge is -2.15. The third-order valence-corrected chi connectivity index (χ3v) is 7.36. The molecule has 3 heterocycles. The van der Waals surface area contributed by atoms with Crippen molar-refractivity contribution in [2.75, 3.05) is 4.72 Å². The quantitative estimate of drug-likeness (QED) is 0.529. The summed E-state index contributed by atoms with van der Waals surface area (Å²) in [6.45, 7) is 2.19. The number of anilines is 1. The van der Waals surface area contributed by atoms with E-state index in [4.69, 9.17) is 0 Å². The predicted octanol–water partition coefficient (Wildman–Crippen LogP) is 2.24. The summed E-state index contributed by atoms with van der Waals surface area (Å²) in [6.07, 6.45) is 8.32. The molecule has 0 radical (unpaired) electrons. The number of aryl methyl sites for hydroxylation is 1. The van der Waals surface area contributed by atoms with Crippen molar-refractivity contribution in [2.24, 2.45) is 13.0 Å². The Balaban J connectivity index is 1.66. The lowest BCUT2D eigenvalue weighted by atomic mass is 9.89. The molecule has 0 bridgehead atoms. The van der Waals surface area contributed by atoms with Crippen molar-refractivity contribution in [3.05, 3.63) is 65.2 Å². The van der Waals surface area contributed by atoms with Crippen LogP contribution in [0.2, 0.25) is 0 Å². The summed E-state index contributed by atoms with van der Waals surface area (Å²) in [6, 6.07) is 9.27. The summed E-state index contributed by atoms with van der Waals surface area (Å²) in [7, 11) is -1.81. The minimum Gasteiger partial charge on any atom is -0.350 e. The van der Waals surface area contributed by atoms with Crippen molar-refractivity contribution < 1.29 is 8.42 Å². The average Bonchev–Trinajstić information content (AvgIpc) is 3.34. The Bertz CT molecular complexity index is 1490. The maximum absolute atomic E-state index is 12.8. The molecule has 1 aliphatic carbocycles. The molecule has 152 valence electrons. The van der Waals surface area contributed by atoms with Gasteiger partial charge < -0.3 is 4.57 Å². The normalized spacial score (nSPS) is 16.3. The topological polar surface area (TPSA) is 89.8 Å². The molecule has 0 spiro atoms. The van der Waals surface area contributed by atoms with Crippen LogP contribution in [0.3, 0.4) is 0 Å². The van der Waals surface area contributed by atoms with E-state index in [2.05, 4.69) is 44.3 Å².